The number of thioether (sulfide) groups is 1. The predicted octanol–water partition coefficient (Wildman–Crippen LogP) is 4.88. The van der Waals surface area contributed by atoms with Crippen LogP contribution in [-0.2, 0) is 4.79 Å². The Labute approximate surface area is 172 Å². The van der Waals surface area contributed by atoms with Crippen LogP contribution in [0, 0.1) is 0 Å². The summed E-state index contributed by atoms with van der Waals surface area (Å²) in [6.07, 6.45) is 0. The Morgan fingerprint density at radius 1 is 1.14 bits per heavy atom. The number of thiazole rings is 1. The molecule has 5 rings (SSSR count). The number of aromatic nitrogens is 4. The van der Waals surface area contributed by atoms with Gasteiger partial charge in [0.05, 0.1) is 21.5 Å². The van der Waals surface area contributed by atoms with E-state index >= 15 is 0 Å². The molecule has 28 heavy (non-hydrogen) atoms. The number of hydrogen-bond donors (Lipinski definition) is 1. The molecule has 0 aliphatic rings. The van der Waals surface area contributed by atoms with Crippen LogP contribution in [0.5, 0.6) is 0 Å². The van der Waals surface area contributed by atoms with E-state index in [-0.39, 0.29) is 11.7 Å². The maximum absolute atomic E-state index is 12.4. The van der Waals surface area contributed by atoms with E-state index in [9.17, 15) is 4.79 Å². The van der Waals surface area contributed by atoms with Gasteiger partial charge in [-0.25, -0.2) is 4.98 Å². The van der Waals surface area contributed by atoms with E-state index in [1.807, 2.05) is 52.9 Å². The van der Waals surface area contributed by atoms with Gasteiger partial charge in [0.25, 0.3) is 0 Å². The molecule has 0 spiro atoms. The van der Waals surface area contributed by atoms with Gasteiger partial charge in [-0.15, -0.1) is 10.2 Å². The van der Waals surface area contributed by atoms with Crippen molar-refractivity contribution in [2.75, 3.05) is 11.1 Å². The largest absolute Gasteiger partial charge is 0.301 e. The smallest absolute Gasteiger partial charge is 0.236 e. The first kappa shape index (κ1) is 17.4. The van der Waals surface area contributed by atoms with Crippen LogP contribution >= 0.6 is 34.7 Å². The van der Waals surface area contributed by atoms with Crippen molar-refractivity contribution in [3.63, 3.8) is 0 Å². The fraction of sp³-hybridized carbons (Fsp3) is 0.0526. The summed E-state index contributed by atoms with van der Waals surface area (Å²) < 4.78 is 2.90. The molecule has 0 aliphatic heterocycles. The highest BCUT2D eigenvalue weighted by atomic mass is 35.5. The second kappa shape index (κ2) is 7.05. The van der Waals surface area contributed by atoms with Gasteiger partial charge >= 0.3 is 0 Å². The van der Waals surface area contributed by atoms with Crippen LogP contribution < -0.4 is 5.32 Å². The molecule has 3 heterocycles. The Morgan fingerprint density at radius 3 is 2.96 bits per heavy atom. The van der Waals surface area contributed by atoms with Crippen LogP contribution in [-0.4, -0.2) is 31.2 Å². The minimum atomic E-state index is -0.146. The number of para-hydroxylation sites is 1. The number of anilines is 1. The summed E-state index contributed by atoms with van der Waals surface area (Å²) in [5.41, 5.74) is 2.58. The van der Waals surface area contributed by atoms with Crippen molar-refractivity contribution in [3.05, 3.63) is 59.6 Å². The summed E-state index contributed by atoms with van der Waals surface area (Å²) in [7, 11) is 0. The fourth-order valence-electron chi connectivity index (χ4n) is 2.94. The molecule has 3 aromatic heterocycles. The van der Waals surface area contributed by atoms with Crippen molar-refractivity contribution >= 4 is 72.5 Å². The third-order valence-electron chi connectivity index (χ3n) is 4.18. The number of rotatable bonds is 4. The van der Waals surface area contributed by atoms with Gasteiger partial charge in [-0.2, -0.15) is 0 Å². The van der Waals surface area contributed by atoms with Crippen LogP contribution in [0.4, 0.5) is 5.13 Å². The minimum absolute atomic E-state index is 0.146. The monoisotopic (exact) mass is 425 g/mol. The molecule has 0 aliphatic carbocycles. The first-order chi connectivity index (χ1) is 13.7. The topological polar surface area (TPSA) is 72.2 Å². The molecular formula is C19H12ClN5OS2. The van der Waals surface area contributed by atoms with Crippen molar-refractivity contribution in [2.45, 2.75) is 5.16 Å². The summed E-state index contributed by atoms with van der Waals surface area (Å²) in [6.45, 7) is 0. The summed E-state index contributed by atoms with van der Waals surface area (Å²) in [5, 5.41) is 14.3. The molecule has 9 heteroatoms. The lowest BCUT2D eigenvalue weighted by Crippen LogP contribution is -2.14. The number of hydrogen-bond acceptors (Lipinski definition) is 6. The lowest BCUT2D eigenvalue weighted by atomic mass is 10.2. The SMILES string of the molecule is O=C(CSc1nnc2ccc3ccccc3n12)Nc1nc2ccc(Cl)cc2s1. The molecule has 138 valence electrons. The second-order valence-electron chi connectivity index (χ2n) is 6.04. The Kier molecular flexibility index (Phi) is 4.38. The summed E-state index contributed by atoms with van der Waals surface area (Å²) >= 11 is 8.74. The molecular weight excluding hydrogens is 414 g/mol. The van der Waals surface area contributed by atoms with Crippen molar-refractivity contribution in [1.82, 2.24) is 19.6 Å². The van der Waals surface area contributed by atoms with Gasteiger partial charge in [0.15, 0.2) is 15.9 Å². The van der Waals surface area contributed by atoms with Crippen LogP contribution in [0.25, 0.3) is 26.8 Å². The molecule has 2 aromatic carbocycles. The Balaban J connectivity index is 1.35. The molecule has 0 bridgehead atoms. The molecule has 5 aromatic rings. The highest BCUT2D eigenvalue weighted by molar-refractivity contribution is 7.99. The molecule has 0 saturated heterocycles. The zero-order chi connectivity index (χ0) is 19.1. The van der Waals surface area contributed by atoms with Crippen molar-refractivity contribution < 1.29 is 4.79 Å². The molecule has 0 atom stereocenters. The van der Waals surface area contributed by atoms with Crippen molar-refractivity contribution in [1.29, 1.82) is 0 Å². The van der Waals surface area contributed by atoms with Crippen LogP contribution in [0.3, 0.4) is 0 Å². The van der Waals surface area contributed by atoms with Crippen molar-refractivity contribution in [3.8, 4) is 0 Å². The minimum Gasteiger partial charge on any atom is -0.301 e. The van der Waals surface area contributed by atoms with Gasteiger partial charge < -0.3 is 5.32 Å². The first-order valence-corrected chi connectivity index (χ1v) is 10.6. The number of nitrogens with one attached hydrogen (secondary N) is 1. The average molecular weight is 426 g/mol. The third kappa shape index (κ3) is 3.19. The molecule has 1 amide bonds. The van der Waals surface area contributed by atoms with E-state index in [4.69, 9.17) is 11.6 Å². The number of pyridine rings is 1. The van der Waals surface area contributed by atoms with Gasteiger partial charge in [0, 0.05) is 5.02 Å². The van der Waals surface area contributed by atoms with Gasteiger partial charge in [0.1, 0.15) is 0 Å². The molecule has 1 N–H and O–H groups in total. The van der Waals surface area contributed by atoms with E-state index < -0.39 is 0 Å². The first-order valence-electron chi connectivity index (χ1n) is 8.39. The zero-order valence-corrected chi connectivity index (χ0v) is 16.7. The Hall–Kier alpha value is -2.68. The van der Waals surface area contributed by atoms with E-state index in [1.165, 1.54) is 23.1 Å². The maximum Gasteiger partial charge on any atom is 0.236 e. The Bertz CT molecular complexity index is 1350. The summed E-state index contributed by atoms with van der Waals surface area (Å²) in [4.78, 5) is 16.8. The molecule has 0 fully saturated rings. The lowest BCUT2D eigenvalue weighted by Gasteiger charge is -2.04. The maximum atomic E-state index is 12.4. The third-order valence-corrected chi connectivity index (χ3v) is 6.27. The number of carbonyl (C=O) groups excluding carboxylic acids is 1. The number of halogens is 1. The second-order valence-corrected chi connectivity index (χ2v) is 8.45. The van der Waals surface area contributed by atoms with E-state index in [2.05, 4.69) is 20.5 Å². The number of fused-ring (bicyclic) bond motifs is 4. The van der Waals surface area contributed by atoms with E-state index in [1.54, 1.807) is 6.07 Å². The fourth-order valence-corrected chi connectivity index (χ4v) is 4.85. The standard InChI is InChI=1S/C19H12ClN5OS2/c20-12-6-7-13-15(9-12)28-18(21-13)22-17(26)10-27-19-24-23-16-8-5-11-3-1-2-4-14(11)25(16)19/h1-9H,10H2,(H,21,22,26). The summed E-state index contributed by atoms with van der Waals surface area (Å²) in [6, 6.07) is 17.4. The zero-order valence-electron chi connectivity index (χ0n) is 14.3. The van der Waals surface area contributed by atoms with Crippen LogP contribution in [0.1, 0.15) is 0 Å². The van der Waals surface area contributed by atoms with Crippen LogP contribution in [0.2, 0.25) is 5.02 Å². The normalized spacial score (nSPS) is 11.5. The van der Waals surface area contributed by atoms with E-state index in [0.717, 1.165) is 26.8 Å². The summed E-state index contributed by atoms with van der Waals surface area (Å²) in [5.74, 6) is 0.0629. The Morgan fingerprint density at radius 2 is 2.04 bits per heavy atom. The average Bonchev–Trinajstić information content (AvgIpc) is 3.29. The van der Waals surface area contributed by atoms with Gasteiger partial charge in [0.2, 0.25) is 5.91 Å². The predicted molar refractivity (Wildman–Crippen MR) is 114 cm³/mol. The molecule has 0 unspecified atom stereocenters. The van der Waals surface area contributed by atoms with Gasteiger partial charge in [-0.05, 0) is 41.8 Å². The highest BCUT2D eigenvalue weighted by Crippen LogP contribution is 2.29. The number of amides is 1. The number of nitrogens with zero attached hydrogens (tertiary/aromatic N) is 4. The molecule has 6 nitrogen and oxygen atoms in total. The van der Waals surface area contributed by atoms with E-state index in [0.29, 0.717) is 15.3 Å². The van der Waals surface area contributed by atoms with Gasteiger partial charge in [-0.3, -0.25) is 9.20 Å². The lowest BCUT2D eigenvalue weighted by molar-refractivity contribution is -0.113. The van der Waals surface area contributed by atoms with Crippen LogP contribution in [0.15, 0.2) is 59.8 Å². The number of carbonyl (C=O) groups is 1. The molecule has 0 radical (unpaired) electrons. The molecule has 0 saturated carbocycles. The van der Waals surface area contributed by atoms with Crippen molar-refractivity contribution in [2.24, 2.45) is 0 Å². The quantitative estimate of drug-likeness (QED) is 0.415. The number of benzene rings is 2. The highest BCUT2D eigenvalue weighted by Gasteiger charge is 2.13. The van der Waals surface area contributed by atoms with Gasteiger partial charge in [-0.1, -0.05) is 52.9 Å².